The summed E-state index contributed by atoms with van der Waals surface area (Å²) in [5.74, 6) is -2.76. The van der Waals surface area contributed by atoms with Gasteiger partial charge >= 0.3 is 0 Å². The number of halogens is 3. The third kappa shape index (κ3) is 2.72. The van der Waals surface area contributed by atoms with Gasteiger partial charge in [-0.3, -0.25) is 0 Å². The van der Waals surface area contributed by atoms with Crippen molar-refractivity contribution < 1.29 is 13.2 Å². The van der Waals surface area contributed by atoms with Crippen molar-refractivity contribution in [3.8, 4) is 0 Å². The van der Waals surface area contributed by atoms with Gasteiger partial charge in [0.25, 0.3) is 0 Å². The fraction of sp³-hybridized carbons (Fsp3) is 0.0909. The minimum atomic E-state index is -1.22. The zero-order valence-electron chi connectivity index (χ0n) is 8.62. The highest BCUT2D eigenvalue weighted by Gasteiger charge is 2.09. The molecule has 2 rings (SSSR count). The van der Waals surface area contributed by atoms with Gasteiger partial charge in [0.1, 0.15) is 11.6 Å². The predicted molar refractivity (Wildman–Crippen MR) is 55.7 cm³/mol. The molecule has 1 aromatic heterocycles. The van der Waals surface area contributed by atoms with Crippen LogP contribution in [0.2, 0.25) is 0 Å². The average Bonchev–Trinajstić information content (AvgIpc) is 2.33. The summed E-state index contributed by atoms with van der Waals surface area (Å²) in [7, 11) is 0. The fourth-order valence-electron chi connectivity index (χ4n) is 1.25. The quantitative estimate of drug-likeness (QED) is 0.836. The van der Waals surface area contributed by atoms with Crippen LogP contribution in [0.25, 0.3) is 0 Å². The molecule has 0 atom stereocenters. The van der Waals surface area contributed by atoms with Crippen LogP contribution in [0.4, 0.5) is 18.9 Å². The van der Waals surface area contributed by atoms with Gasteiger partial charge in [0, 0.05) is 24.5 Å². The van der Waals surface area contributed by atoms with Gasteiger partial charge in [-0.1, -0.05) is 0 Å². The molecule has 17 heavy (non-hydrogen) atoms. The summed E-state index contributed by atoms with van der Waals surface area (Å²) in [6, 6.07) is 2.89. The molecule has 0 aliphatic rings. The summed E-state index contributed by atoms with van der Waals surface area (Å²) in [6.07, 6.45) is 3.07. The average molecular weight is 239 g/mol. The Morgan fingerprint density at radius 3 is 2.29 bits per heavy atom. The van der Waals surface area contributed by atoms with Crippen LogP contribution >= 0.6 is 0 Å². The normalized spacial score (nSPS) is 10.3. The third-order valence-electron chi connectivity index (χ3n) is 2.07. The molecule has 6 heteroatoms. The van der Waals surface area contributed by atoms with E-state index in [1.54, 1.807) is 6.07 Å². The van der Waals surface area contributed by atoms with Crippen molar-refractivity contribution in [1.82, 2.24) is 9.97 Å². The van der Waals surface area contributed by atoms with Crippen molar-refractivity contribution in [2.24, 2.45) is 0 Å². The molecule has 0 bridgehead atoms. The Morgan fingerprint density at radius 1 is 0.941 bits per heavy atom. The van der Waals surface area contributed by atoms with Gasteiger partial charge in [0.05, 0.1) is 12.2 Å². The van der Waals surface area contributed by atoms with Crippen molar-refractivity contribution in [2.45, 2.75) is 6.54 Å². The lowest BCUT2D eigenvalue weighted by molar-refractivity contribution is 0.496. The van der Waals surface area contributed by atoms with Crippen LogP contribution in [-0.4, -0.2) is 9.97 Å². The van der Waals surface area contributed by atoms with Crippen LogP contribution in [0.3, 0.4) is 0 Å². The van der Waals surface area contributed by atoms with Crippen molar-refractivity contribution in [2.75, 3.05) is 5.32 Å². The monoisotopic (exact) mass is 239 g/mol. The van der Waals surface area contributed by atoms with E-state index in [0.29, 0.717) is 11.9 Å². The number of aromatic nitrogens is 2. The fourth-order valence-corrected chi connectivity index (χ4v) is 1.25. The van der Waals surface area contributed by atoms with Crippen LogP contribution < -0.4 is 5.32 Å². The van der Waals surface area contributed by atoms with Crippen molar-refractivity contribution in [3.05, 3.63) is 53.9 Å². The lowest BCUT2D eigenvalue weighted by atomic mass is 10.3. The van der Waals surface area contributed by atoms with Crippen LogP contribution in [0, 0.1) is 17.5 Å². The molecule has 1 heterocycles. The summed E-state index contributed by atoms with van der Waals surface area (Å²) in [4.78, 5) is 7.80. The topological polar surface area (TPSA) is 37.8 Å². The maximum absolute atomic E-state index is 13.2. The Hall–Kier alpha value is -2.11. The number of benzene rings is 1. The van der Waals surface area contributed by atoms with E-state index in [2.05, 4.69) is 15.3 Å². The van der Waals surface area contributed by atoms with Gasteiger partial charge in [-0.15, -0.1) is 0 Å². The molecule has 0 amide bonds. The Morgan fingerprint density at radius 2 is 1.59 bits per heavy atom. The molecule has 0 saturated heterocycles. The van der Waals surface area contributed by atoms with Crippen LogP contribution in [-0.2, 0) is 6.54 Å². The summed E-state index contributed by atoms with van der Waals surface area (Å²) in [5.41, 5.74) is -0.128. The van der Waals surface area contributed by atoms with Crippen molar-refractivity contribution in [1.29, 1.82) is 0 Å². The van der Waals surface area contributed by atoms with Crippen LogP contribution in [0.1, 0.15) is 5.82 Å². The molecule has 0 fully saturated rings. The highest BCUT2D eigenvalue weighted by molar-refractivity contribution is 5.45. The molecule has 2 aromatic rings. The first-order valence-electron chi connectivity index (χ1n) is 4.81. The van der Waals surface area contributed by atoms with E-state index in [1.165, 1.54) is 12.4 Å². The number of hydrogen-bond acceptors (Lipinski definition) is 3. The first kappa shape index (κ1) is 11.4. The van der Waals surface area contributed by atoms with E-state index in [1.807, 2.05) is 0 Å². The molecule has 0 spiro atoms. The Bertz CT molecular complexity index is 517. The lowest BCUT2D eigenvalue weighted by Gasteiger charge is -2.06. The Kier molecular flexibility index (Phi) is 3.22. The van der Waals surface area contributed by atoms with E-state index in [-0.39, 0.29) is 12.2 Å². The van der Waals surface area contributed by atoms with Gasteiger partial charge < -0.3 is 5.32 Å². The highest BCUT2D eigenvalue weighted by atomic mass is 19.2. The smallest absolute Gasteiger partial charge is 0.161 e. The molecule has 0 aliphatic heterocycles. The van der Waals surface area contributed by atoms with Crippen LogP contribution in [0.5, 0.6) is 0 Å². The second-order valence-electron chi connectivity index (χ2n) is 3.26. The zero-order chi connectivity index (χ0) is 12.3. The van der Waals surface area contributed by atoms with E-state index < -0.39 is 17.5 Å². The molecule has 1 N–H and O–H groups in total. The SMILES string of the molecule is Fc1cc(F)c(NCc2ncccn2)cc1F. The first-order chi connectivity index (χ1) is 8.16. The van der Waals surface area contributed by atoms with E-state index in [9.17, 15) is 13.2 Å². The second-order valence-corrected chi connectivity index (χ2v) is 3.26. The zero-order valence-corrected chi connectivity index (χ0v) is 8.62. The predicted octanol–water partition coefficient (Wildman–Crippen LogP) is 2.51. The van der Waals surface area contributed by atoms with Crippen molar-refractivity contribution in [3.63, 3.8) is 0 Å². The number of nitrogens with one attached hydrogen (secondary N) is 1. The van der Waals surface area contributed by atoms with Crippen LogP contribution in [0.15, 0.2) is 30.6 Å². The van der Waals surface area contributed by atoms with Gasteiger partial charge in [-0.2, -0.15) is 0 Å². The first-order valence-corrected chi connectivity index (χ1v) is 4.81. The maximum Gasteiger partial charge on any atom is 0.161 e. The number of hydrogen-bond donors (Lipinski definition) is 1. The molecule has 1 aromatic carbocycles. The van der Waals surface area contributed by atoms with Crippen molar-refractivity contribution >= 4 is 5.69 Å². The Balaban J connectivity index is 2.12. The van der Waals surface area contributed by atoms with Gasteiger partial charge in [0.15, 0.2) is 11.6 Å². The molecular formula is C11H8F3N3. The maximum atomic E-state index is 13.2. The minimum absolute atomic E-state index is 0.128. The lowest BCUT2D eigenvalue weighted by Crippen LogP contribution is -2.05. The molecule has 0 radical (unpaired) electrons. The minimum Gasteiger partial charge on any atom is -0.375 e. The van der Waals surface area contributed by atoms with E-state index in [0.717, 1.165) is 6.07 Å². The standard InChI is InChI=1S/C11H8F3N3/c12-7-4-9(14)10(5-8(7)13)17-6-11-15-2-1-3-16-11/h1-5,17H,6H2. The summed E-state index contributed by atoms with van der Waals surface area (Å²) >= 11 is 0. The largest absolute Gasteiger partial charge is 0.375 e. The summed E-state index contributed by atoms with van der Waals surface area (Å²) < 4.78 is 38.8. The van der Waals surface area contributed by atoms with Gasteiger partial charge in [-0.05, 0) is 6.07 Å². The van der Waals surface area contributed by atoms with Gasteiger partial charge in [0.2, 0.25) is 0 Å². The number of nitrogens with zero attached hydrogens (tertiary/aromatic N) is 2. The van der Waals surface area contributed by atoms with E-state index >= 15 is 0 Å². The molecule has 88 valence electrons. The Labute approximate surface area is 95.3 Å². The molecule has 0 saturated carbocycles. The third-order valence-corrected chi connectivity index (χ3v) is 2.07. The summed E-state index contributed by atoms with van der Waals surface area (Å²) in [5, 5.41) is 2.59. The molecular weight excluding hydrogens is 231 g/mol. The molecule has 3 nitrogen and oxygen atoms in total. The second kappa shape index (κ2) is 4.82. The van der Waals surface area contributed by atoms with Gasteiger partial charge in [-0.25, -0.2) is 23.1 Å². The molecule has 0 aliphatic carbocycles. The number of rotatable bonds is 3. The van der Waals surface area contributed by atoms with E-state index in [4.69, 9.17) is 0 Å². The summed E-state index contributed by atoms with van der Waals surface area (Å²) in [6.45, 7) is 0.128. The molecule has 0 unspecified atom stereocenters. The highest BCUT2D eigenvalue weighted by Crippen LogP contribution is 2.18. The number of anilines is 1.